The number of halogens is 4. The summed E-state index contributed by atoms with van der Waals surface area (Å²) in [5.74, 6) is 0.201. The molecular weight excluding hydrogens is 289 g/mol. The van der Waals surface area contributed by atoms with Gasteiger partial charge in [-0.1, -0.05) is 31.9 Å². The third kappa shape index (κ3) is 4.01. The molecule has 1 aromatic heterocycles. The van der Waals surface area contributed by atoms with E-state index in [1.54, 1.807) is 0 Å². The lowest BCUT2D eigenvalue weighted by molar-refractivity contribution is -0.137. The zero-order chi connectivity index (χ0) is 15.0. The molecule has 1 aromatic rings. The quantitative estimate of drug-likeness (QED) is 0.766. The van der Waals surface area contributed by atoms with Crippen LogP contribution < -0.4 is 5.32 Å². The molecular formula is C14H18ClF3N2. The smallest absolute Gasteiger partial charge is 0.367 e. The Bertz CT molecular complexity index is 486. The van der Waals surface area contributed by atoms with E-state index in [9.17, 15) is 13.2 Å². The fourth-order valence-corrected chi connectivity index (χ4v) is 2.97. The van der Waals surface area contributed by atoms with E-state index in [0.29, 0.717) is 0 Å². The molecule has 0 spiro atoms. The number of nitrogens with zero attached hydrogens (tertiary/aromatic N) is 1. The lowest BCUT2D eigenvalue weighted by Crippen LogP contribution is -2.32. The Morgan fingerprint density at radius 1 is 1.35 bits per heavy atom. The first-order valence-corrected chi connectivity index (χ1v) is 7.05. The van der Waals surface area contributed by atoms with E-state index in [1.807, 2.05) is 0 Å². The third-order valence-electron chi connectivity index (χ3n) is 3.68. The molecule has 2 nitrogen and oxygen atoms in total. The Balaban J connectivity index is 2.15. The molecule has 1 aliphatic carbocycles. The number of pyridine rings is 1. The van der Waals surface area contributed by atoms with Crippen LogP contribution in [0.1, 0.15) is 45.1 Å². The van der Waals surface area contributed by atoms with Gasteiger partial charge in [0.05, 0.1) is 5.56 Å². The minimum Gasteiger partial charge on any atom is -0.367 e. The Morgan fingerprint density at radius 3 is 2.65 bits per heavy atom. The zero-order valence-electron chi connectivity index (χ0n) is 11.5. The average Bonchev–Trinajstić information content (AvgIpc) is 2.25. The molecule has 0 radical (unpaired) electrons. The second-order valence-corrected chi connectivity index (χ2v) is 6.55. The number of rotatable bonds is 2. The number of anilines is 1. The van der Waals surface area contributed by atoms with Gasteiger partial charge in [-0.15, -0.1) is 0 Å². The number of nitrogens with one attached hydrogen (secondary N) is 1. The highest BCUT2D eigenvalue weighted by molar-refractivity contribution is 6.29. The van der Waals surface area contributed by atoms with Crippen molar-refractivity contribution in [2.75, 3.05) is 5.32 Å². The molecule has 1 atom stereocenters. The Morgan fingerprint density at radius 2 is 2.05 bits per heavy atom. The van der Waals surface area contributed by atoms with Gasteiger partial charge in [-0.05, 0) is 36.8 Å². The van der Waals surface area contributed by atoms with Crippen LogP contribution in [0.2, 0.25) is 5.15 Å². The molecule has 1 unspecified atom stereocenters. The summed E-state index contributed by atoms with van der Waals surface area (Å²) in [5, 5.41) is 2.95. The summed E-state index contributed by atoms with van der Waals surface area (Å²) in [4.78, 5) is 3.94. The molecule has 6 heteroatoms. The van der Waals surface area contributed by atoms with Crippen molar-refractivity contribution in [3.05, 3.63) is 22.8 Å². The van der Waals surface area contributed by atoms with Crippen LogP contribution in [0.25, 0.3) is 0 Å². The van der Waals surface area contributed by atoms with Gasteiger partial charge in [-0.25, -0.2) is 4.98 Å². The number of hydrogen-bond donors (Lipinski definition) is 1. The topological polar surface area (TPSA) is 24.9 Å². The van der Waals surface area contributed by atoms with E-state index < -0.39 is 11.7 Å². The molecule has 1 aliphatic rings. The first kappa shape index (κ1) is 15.4. The average molecular weight is 307 g/mol. The summed E-state index contributed by atoms with van der Waals surface area (Å²) < 4.78 is 38.2. The van der Waals surface area contributed by atoms with Gasteiger partial charge in [-0.2, -0.15) is 13.2 Å². The maximum atomic E-state index is 12.7. The van der Waals surface area contributed by atoms with Crippen LogP contribution in [0.5, 0.6) is 0 Å². The second kappa shape index (κ2) is 5.43. The molecule has 112 valence electrons. The van der Waals surface area contributed by atoms with Gasteiger partial charge in [0.15, 0.2) is 0 Å². The first-order chi connectivity index (χ1) is 9.16. The minimum atomic E-state index is -4.41. The predicted octanol–water partition coefficient (Wildman–Crippen LogP) is 5.13. The molecule has 2 rings (SSSR count). The van der Waals surface area contributed by atoms with E-state index in [1.165, 1.54) is 0 Å². The molecule has 0 aliphatic heterocycles. The number of aromatic nitrogens is 1. The van der Waals surface area contributed by atoms with Crippen molar-refractivity contribution < 1.29 is 13.2 Å². The molecule has 0 bridgehead atoms. The van der Waals surface area contributed by atoms with E-state index in [0.717, 1.165) is 37.8 Å². The Hall–Kier alpha value is -0.970. The van der Waals surface area contributed by atoms with Gasteiger partial charge in [0, 0.05) is 6.04 Å². The van der Waals surface area contributed by atoms with E-state index in [4.69, 9.17) is 11.6 Å². The highest BCUT2D eigenvalue weighted by atomic mass is 35.5. The SMILES string of the molecule is CC1(C)CCCC(Nc2cc(C(F)(F)F)cc(Cl)n2)C1. The lowest BCUT2D eigenvalue weighted by Gasteiger charge is -2.35. The molecule has 0 saturated heterocycles. The zero-order valence-corrected chi connectivity index (χ0v) is 12.3. The number of alkyl halides is 3. The highest BCUT2D eigenvalue weighted by Crippen LogP contribution is 2.37. The molecule has 20 heavy (non-hydrogen) atoms. The van der Waals surface area contributed by atoms with Crippen molar-refractivity contribution in [1.29, 1.82) is 0 Å². The summed E-state index contributed by atoms with van der Waals surface area (Å²) in [6.07, 6.45) is -0.338. The summed E-state index contributed by atoms with van der Waals surface area (Å²) in [6, 6.07) is 2.01. The molecule has 1 saturated carbocycles. The van der Waals surface area contributed by atoms with E-state index >= 15 is 0 Å². The fourth-order valence-electron chi connectivity index (χ4n) is 2.77. The van der Waals surface area contributed by atoms with Gasteiger partial charge in [0.25, 0.3) is 0 Å². The summed E-state index contributed by atoms with van der Waals surface area (Å²) in [5.41, 5.74) is -0.559. The summed E-state index contributed by atoms with van der Waals surface area (Å²) >= 11 is 5.68. The fraction of sp³-hybridized carbons (Fsp3) is 0.643. The molecule has 0 amide bonds. The lowest BCUT2D eigenvalue weighted by atomic mass is 9.75. The van der Waals surface area contributed by atoms with Crippen molar-refractivity contribution in [3.63, 3.8) is 0 Å². The monoisotopic (exact) mass is 306 g/mol. The third-order valence-corrected chi connectivity index (χ3v) is 3.87. The van der Waals surface area contributed by atoms with Gasteiger partial charge < -0.3 is 5.32 Å². The molecule has 0 aromatic carbocycles. The standard InChI is InChI=1S/C14H18ClF3N2/c1-13(2)5-3-4-10(8-13)19-12-7-9(14(16,17)18)6-11(15)20-12/h6-7,10H,3-5,8H2,1-2H3,(H,19,20). The van der Waals surface area contributed by atoms with Crippen LogP contribution in [0.15, 0.2) is 12.1 Å². The summed E-state index contributed by atoms with van der Waals surface area (Å²) in [6.45, 7) is 4.35. The molecule has 1 heterocycles. The van der Waals surface area contributed by atoms with Crippen LogP contribution >= 0.6 is 11.6 Å². The predicted molar refractivity (Wildman–Crippen MR) is 73.9 cm³/mol. The Labute approximate surface area is 121 Å². The largest absolute Gasteiger partial charge is 0.416 e. The van der Waals surface area contributed by atoms with Crippen molar-refractivity contribution >= 4 is 17.4 Å². The second-order valence-electron chi connectivity index (χ2n) is 6.16. The molecule has 1 fully saturated rings. The van der Waals surface area contributed by atoms with Crippen LogP contribution in [-0.4, -0.2) is 11.0 Å². The highest BCUT2D eigenvalue weighted by Gasteiger charge is 2.32. The van der Waals surface area contributed by atoms with Crippen molar-refractivity contribution in [3.8, 4) is 0 Å². The van der Waals surface area contributed by atoms with Crippen molar-refractivity contribution in [1.82, 2.24) is 4.98 Å². The normalized spacial score (nSPS) is 22.6. The van der Waals surface area contributed by atoms with Crippen molar-refractivity contribution in [2.45, 2.75) is 51.7 Å². The van der Waals surface area contributed by atoms with Crippen LogP contribution in [0.4, 0.5) is 19.0 Å². The number of hydrogen-bond acceptors (Lipinski definition) is 2. The van der Waals surface area contributed by atoms with Gasteiger partial charge >= 0.3 is 6.18 Å². The maximum absolute atomic E-state index is 12.7. The Kier molecular flexibility index (Phi) is 4.19. The van der Waals surface area contributed by atoms with Crippen LogP contribution in [0, 0.1) is 5.41 Å². The first-order valence-electron chi connectivity index (χ1n) is 6.67. The maximum Gasteiger partial charge on any atom is 0.416 e. The summed E-state index contributed by atoms with van der Waals surface area (Å²) in [7, 11) is 0. The van der Waals surface area contributed by atoms with E-state index in [-0.39, 0.29) is 22.4 Å². The van der Waals surface area contributed by atoms with Gasteiger partial charge in [-0.3, -0.25) is 0 Å². The van der Waals surface area contributed by atoms with Gasteiger partial charge in [0.1, 0.15) is 11.0 Å². The van der Waals surface area contributed by atoms with Gasteiger partial charge in [0.2, 0.25) is 0 Å². The van der Waals surface area contributed by atoms with Crippen LogP contribution in [-0.2, 0) is 6.18 Å². The van der Waals surface area contributed by atoms with E-state index in [2.05, 4.69) is 24.1 Å². The van der Waals surface area contributed by atoms with Crippen LogP contribution in [0.3, 0.4) is 0 Å². The molecule has 1 N–H and O–H groups in total. The van der Waals surface area contributed by atoms with Crippen molar-refractivity contribution in [2.24, 2.45) is 5.41 Å². The minimum absolute atomic E-state index is 0.141.